The summed E-state index contributed by atoms with van der Waals surface area (Å²) >= 11 is 1.44. The summed E-state index contributed by atoms with van der Waals surface area (Å²) in [7, 11) is 3.43. The van der Waals surface area contributed by atoms with E-state index in [1.807, 2.05) is 20.0 Å². The highest BCUT2D eigenvalue weighted by molar-refractivity contribution is 7.99. The lowest BCUT2D eigenvalue weighted by Gasteiger charge is -2.07. The molecule has 0 saturated carbocycles. The predicted octanol–water partition coefficient (Wildman–Crippen LogP) is 1.26. The summed E-state index contributed by atoms with van der Waals surface area (Å²) in [6, 6.07) is 1.97. The minimum absolute atomic E-state index is 0.337. The number of nitrogens with zero attached hydrogens (tertiary/aromatic N) is 4. The second kappa shape index (κ2) is 4.62. The Morgan fingerprint density at radius 2 is 2.18 bits per heavy atom. The van der Waals surface area contributed by atoms with Gasteiger partial charge in [-0.2, -0.15) is 5.10 Å². The van der Waals surface area contributed by atoms with Gasteiger partial charge in [0.1, 0.15) is 16.4 Å². The zero-order valence-corrected chi connectivity index (χ0v) is 10.7. The molecule has 0 amide bonds. The van der Waals surface area contributed by atoms with Crippen LogP contribution in [0.3, 0.4) is 0 Å². The van der Waals surface area contributed by atoms with Crippen LogP contribution >= 0.6 is 11.8 Å². The maximum atomic E-state index is 5.72. The van der Waals surface area contributed by atoms with E-state index in [1.54, 1.807) is 11.8 Å². The molecule has 7 heteroatoms. The molecular weight excluding hydrogens is 238 g/mol. The minimum Gasteiger partial charge on any atom is -0.490 e. The quantitative estimate of drug-likeness (QED) is 0.827. The highest BCUT2D eigenvalue weighted by atomic mass is 32.2. The Labute approximate surface area is 103 Å². The molecule has 0 unspecified atom stereocenters. The molecule has 2 aromatic rings. The number of rotatable bonds is 3. The van der Waals surface area contributed by atoms with E-state index in [2.05, 4.69) is 15.1 Å². The molecule has 2 rings (SSSR count). The monoisotopic (exact) mass is 251 g/mol. The molecule has 2 aromatic heterocycles. The Balaban J connectivity index is 2.36. The predicted molar refractivity (Wildman–Crippen MR) is 65.1 cm³/mol. The van der Waals surface area contributed by atoms with Gasteiger partial charge in [0.2, 0.25) is 0 Å². The first-order chi connectivity index (χ1) is 8.11. The Morgan fingerprint density at radius 3 is 2.76 bits per heavy atom. The molecule has 2 heterocycles. The molecule has 0 aliphatic rings. The van der Waals surface area contributed by atoms with Crippen molar-refractivity contribution >= 4 is 17.6 Å². The number of hydrogen-bond donors (Lipinski definition) is 1. The Morgan fingerprint density at radius 1 is 1.41 bits per heavy atom. The van der Waals surface area contributed by atoms with E-state index in [1.165, 1.54) is 18.1 Å². The number of ether oxygens (including phenoxy) is 1. The van der Waals surface area contributed by atoms with Gasteiger partial charge in [-0.05, 0) is 24.8 Å². The fraction of sp³-hybridized carbons (Fsp3) is 0.300. The minimum atomic E-state index is 0.337. The molecular formula is C10H13N5OS. The summed E-state index contributed by atoms with van der Waals surface area (Å²) in [6.45, 7) is 1.94. The lowest BCUT2D eigenvalue weighted by atomic mass is 10.5. The summed E-state index contributed by atoms with van der Waals surface area (Å²) in [5, 5.41) is 5.92. The maximum Gasteiger partial charge on any atom is 0.193 e. The fourth-order valence-electron chi connectivity index (χ4n) is 1.42. The van der Waals surface area contributed by atoms with Crippen LogP contribution in [-0.4, -0.2) is 26.9 Å². The molecule has 0 fully saturated rings. The van der Waals surface area contributed by atoms with Crippen LogP contribution in [0.15, 0.2) is 22.4 Å². The number of aryl methyl sites for hydroxylation is 2. The Hall–Kier alpha value is -1.76. The normalized spacial score (nSPS) is 10.5. The zero-order valence-electron chi connectivity index (χ0n) is 9.84. The third-order valence-electron chi connectivity index (χ3n) is 2.16. The molecule has 90 valence electrons. The third-order valence-corrected chi connectivity index (χ3v) is 3.24. The van der Waals surface area contributed by atoms with Crippen LogP contribution in [0.2, 0.25) is 0 Å². The molecule has 6 nitrogen and oxygen atoms in total. The first-order valence-corrected chi connectivity index (χ1v) is 5.76. The molecule has 0 aromatic carbocycles. The average Bonchev–Trinajstić information content (AvgIpc) is 2.58. The van der Waals surface area contributed by atoms with Gasteiger partial charge in [-0.25, -0.2) is 9.97 Å². The third kappa shape index (κ3) is 2.33. The van der Waals surface area contributed by atoms with Gasteiger partial charge in [0, 0.05) is 7.05 Å². The molecule has 2 N–H and O–H groups in total. The van der Waals surface area contributed by atoms with Crippen LogP contribution in [0.4, 0.5) is 5.82 Å². The Kier molecular flexibility index (Phi) is 3.19. The highest BCUT2D eigenvalue weighted by Crippen LogP contribution is 2.35. The number of nitrogens with two attached hydrogens (primary N) is 1. The zero-order chi connectivity index (χ0) is 12.4. The standard InChI is InChI=1S/C10H13N5OS/c1-6-4-7(15(2)14-6)17-10-8(16-3)9(11)12-5-13-10/h4-5H,1-3H3,(H2,11,12,13). The lowest BCUT2D eigenvalue weighted by Crippen LogP contribution is -2.00. The molecule has 0 spiro atoms. The molecule has 0 aliphatic carbocycles. The summed E-state index contributed by atoms with van der Waals surface area (Å²) in [5.74, 6) is 0.834. The van der Waals surface area contributed by atoms with Crippen LogP contribution in [-0.2, 0) is 7.05 Å². The van der Waals surface area contributed by atoms with Crippen LogP contribution < -0.4 is 10.5 Å². The summed E-state index contributed by atoms with van der Waals surface area (Å²) in [4.78, 5) is 8.05. The first kappa shape index (κ1) is 11.7. The summed E-state index contributed by atoms with van der Waals surface area (Å²) in [5.41, 5.74) is 6.67. The molecule has 0 aliphatic heterocycles. The number of nitrogen functional groups attached to an aromatic ring is 1. The van der Waals surface area contributed by atoms with E-state index >= 15 is 0 Å². The van der Waals surface area contributed by atoms with Crippen molar-refractivity contribution in [3.05, 3.63) is 18.1 Å². The largest absolute Gasteiger partial charge is 0.490 e. The van der Waals surface area contributed by atoms with Crippen LogP contribution in [0.5, 0.6) is 5.75 Å². The van der Waals surface area contributed by atoms with E-state index in [4.69, 9.17) is 10.5 Å². The number of methoxy groups -OCH3 is 1. The van der Waals surface area contributed by atoms with E-state index in [0.29, 0.717) is 16.6 Å². The van der Waals surface area contributed by atoms with Crippen LogP contribution in [0.1, 0.15) is 5.69 Å². The van der Waals surface area contributed by atoms with Crippen molar-refractivity contribution in [2.24, 2.45) is 7.05 Å². The number of aromatic nitrogens is 4. The molecule has 0 bridgehead atoms. The van der Waals surface area contributed by atoms with Gasteiger partial charge in [-0.1, -0.05) is 0 Å². The van der Waals surface area contributed by atoms with Gasteiger partial charge in [0.15, 0.2) is 11.6 Å². The van der Waals surface area contributed by atoms with Crippen molar-refractivity contribution < 1.29 is 4.74 Å². The van der Waals surface area contributed by atoms with E-state index in [-0.39, 0.29) is 0 Å². The van der Waals surface area contributed by atoms with Gasteiger partial charge in [-0.3, -0.25) is 4.68 Å². The average molecular weight is 251 g/mol. The second-order valence-corrected chi connectivity index (χ2v) is 4.46. The van der Waals surface area contributed by atoms with Crippen LogP contribution in [0, 0.1) is 6.92 Å². The van der Waals surface area contributed by atoms with Crippen molar-refractivity contribution in [1.29, 1.82) is 0 Å². The van der Waals surface area contributed by atoms with Crippen molar-refractivity contribution in [3.8, 4) is 5.75 Å². The highest BCUT2D eigenvalue weighted by Gasteiger charge is 2.13. The molecule has 0 atom stereocenters. The Bertz CT molecular complexity index is 539. The number of anilines is 1. The first-order valence-electron chi connectivity index (χ1n) is 4.94. The topological polar surface area (TPSA) is 78.8 Å². The van der Waals surface area contributed by atoms with E-state index in [9.17, 15) is 0 Å². The molecule has 0 saturated heterocycles. The SMILES string of the molecule is COc1c(N)ncnc1Sc1cc(C)nn1C. The smallest absolute Gasteiger partial charge is 0.193 e. The van der Waals surface area contributed by atoms with Crippen molar-refractivity contribution in [3.63, 3.8) is 0 Å². The summed E-state index contributed by atoms with van der Waals surface area (Å²) in [6.07, 6.45) is 1.42. The molecule has 17 heavy (non-hydrogen) atoms. The second-order valence-electron chi connectivity index (χ2n) is 3.45. The van der Waals surface area contributed by atoms with Crippen molar-refractivity contribution in [1.82, 2.24) is 19.7 Å². The molecule has 0 radical (unpaired) electrons. The number of hydrogen-bond acceptors (Lipinski definition) is 6. The van der Waals surface area contributed by atoms with Crippen LogP contribution in [0.25, 0.3) is 0 Å². The van der Waals surface area contributed by atoms with Gasteiger partial charge in [-0.15, -0.1) is 0 Å². The maximum absolute atomic E-state index is 5.72. The van der Waals surface area contributed by atoms with Crippen molar-refractivity contribution in [2.45, 2.75) is 17.0 Å². The van der Waals surface area contributed by atoms with E-state index < -0.39 is 0 Å². The van der Waals surface area contributed by atoms with Gasteiger partial charge in [0.05, 0.1) is 12.8 Å². The summed E-state index contributed by atoms with van der Waals surface area (Å²) < 4.78 is 6.98. The lowest BCUT2D eigenvalue weighted by molar-refractivity contribution is 0.401. The van der Waals surface area contributed by atoms with Gasteiger partial charge in [0.25, 0.3) is 0 Å². The van der Waals surface area contributed by atoms with Crippen molar-refractivity contribution in [2.75, 3.05) is 12.8 Å². The van der Waals surface area contributed by atoms with Gasteiger partial charge < -0.3 is 10.5 Å². The van der Waals surface area contributed by atoms with E-state index in [0.717, 1.165) is 10.7 Å². The fourth-order valence-corrected chi connectivity index (χ4v) is 2.40. The van der Waals surface area contributed by atoms with Gasteiger partial charge >= 0.3 is 0 Å².